The summed E-state index contributed by atoms with van der Waals surface area (Å²) in [6.07, 6.45) is 1.53. The van der Waals surface area contributed by atoms with Crippen LogP contribution >= 0.6 is 11.3 Å². The van der Waals surface area contributed by atoms with Gasteiger partial charge >= 0.3 is 0 Å². The van der Waals surface area contributed by atoms with E-state index in [0.29, 0.717) is 36.8 Å². The Bertz CT molecular complexity index is 622. The zero-order valence-corrected chi connectivity index (χ0v) is 15.0. The Hall–Kier alpha value is -0.920. The van der Waals surface area contributed by atoms with Gasteiger partial charge < -0.3 is 4.90 Å². The van der Waals surface area contributed by atoms with Gasteiger partial charge in [0.25, 0.3) is 10.0 Å². The van der Waals surface area contributed by atoms with E-state index < -0.39 is 10.0 Å². The molecule has 1 aliphatic rings. The van der Waals surface area contributed by atoms with Crippen LogP contribution in [0.3, 0.4) is 0 Å². The molecule has 1 aliphatic heterocycles. The first-order valence-corrected chi connectivity index (χ1v) is 9.99. The van der Waals surface area contributed by atoms with Gasteiger partial charge in [0.05, 0.1) is 0 Å². The van der Waals surface area contributed by atoms with Gasteiger partial charge in [0.15, 0.2) is 0 Å². The minimum atomic E-state index is -3.43. The molecule has 1 aromatic rings. The van der Waals surface area contributed by atoms with Crippen molar-refractivity contribution in [3.05, 3.63) is 17.0 Å². The van der Waals surface area contributed by atoms with Crippen LogP contribution in [-0.4, -0.2) is 49.7 Å². The van der Waals surface area contributed by atoms with E-state index >= 15 is 0 Å². The predicted molar refractivity (Wildman–Crippen MR) is 88.5 cm³/mol. The number of hydrogen-bond donors (Lipinski definition) is 0. The molecule has 0 unspecified atom stereocenters. The highest BCUT2D eigenvalue weighted by Crippen LogP contribution is 2.26. The van der Waals surface area contributed by atoms with Gasteiger partial charge in [0, 0.05) is 37.0 Å². The maximum absolute atomic E-state index is 12.7. The Labute approximate surface area is 137 Å². The third kappa shape index (κ3) is 3.70. The van der Waals surface area contributed by atoms with Gasteiger partial charge in [-0.3, -0.25) is 4.79 Å². The largest absolute Gasteiger partial charge is 0.341 e. The molecule has 22 heavy (non-hydrogen) atoms. The van der Waals surface area contributed by atoms with E-state index in [1.54, 1.807) is 11.0 Å². The maximum Gasteiger partial charge on any atom is 0.252 e. The molecule has 1 saturated heterocycles. The van der Waals surface area contributed by atoms with Crippen LogP contribution in [-0.2, 0) is 21.2 Å². The Kier molecular flexibility index (Phi) is 5.63. The normalized spacial score (nSPS) is 17.7. The van der Waals surface area contributed by atoms with Crippen LogP contribution in [0.15, 0.2) is 16.3 Å². The Morgan fingerprint density at radius 3 is 2.55 bits per heavy atom. The second kappa shape index (κ2) is 7.10. The van der Waals surface area contributed by atoms with Crippen molar-refractivity contribution in [1.82, 2.24) is 9.21 Å². The van der Waals surface area contributed by atoms with Crippen molar-refractivity contribution in [2.24, 2.45) is 5.92 Å². The van der Waals surface area contributed by atoms with E-state index in [1.165, 1.54) is 15.6 Å². The third-order valence-electron chi connectivity index (χ3n) is 3.84. The van der Waals surface area contributed by atoms with E-state index in [0.717, 1.165) is 11.3 Å². The van der Waals surface area contributed by atoms with Gasteiger partial charge in [0.1, 0.15) is 4.21 Å². The fourth-order valence-corrected chi connectivity index (χ4v) is 5.45. The van der Waals surface area contributed by atoms with Crippen LogP contribution in [0.2, 0.25) is 0 Å². The molecule has 2 heterocycles. The van der Waals surface area contributed by atoms with Crippen molar-refractivity contribution in [3.8, 4) is 0 Å². The summed E-state index contributed by atoms with van der Waals surface area (Å²) in [4.78, 5) is 14.9. The Morgan fingerprint density at radius 1 is 1.23 bits per heavy atom. The molecule has 2 rings (SSSR count). The molecule has 124 valence electrons. The number of aryl methyl sites for hydroxylation is 1. The molecular formula is C15H24N2O3S2. The van der Waals surface area contributed by atoms with Crippen molar-refractivity contribution in [3.63, 3.8) is 0 Å². The highest BCUT2D eigenvalue weighted by atomic mass is 32.2. The van der Waals surface area contributed by atoms with Gasteiger partial charge in [-0.2, -0.15) is 4.31 Å². The molecular weight excluding hydrogens is 320 g/mol. The van der Waals surface area contributed by atoms with Crippen molar-refractivity contribution in [2.75, 3.05) is 26.2 Å². The van der Waals surface area contributed by atoms with Crippen molar-refractivity contribution in [2.45, 2.75) is 37.8 Å². The lowest BCUT2D eigenvalue weighted by Gasteiger charge is -2.23. The van der Waals surface area contributed by atoms with Gasteiger partial charge in [0.2, 0.25) is 5.91 Å². The molecule has 1 fully saturated rings. The molecule has 7 heteroatoms. The lowest BCUT2D eigenvalue weighted by molar-refractivity contribution is -0.134. The van der Waals surface area contributed by atoms with E-state index in [9.17, 15) is 13.2 Å². The van der Waals surface area contributed by atoms with Crippen molar-refractivity contribution >= 4 is 27.3 Å². The fraction of sp³-hybridized carbons (Fsp3) is 0.667. The molecule has 0 spiro atoms. The number of rotatable bonds is 4. The van der Waals surface area contributed by atoms with E-state index in [1.807, 2.05) is 26.8 Å². The minimum Gasteiger partial charge on any atom is -0.341 e. The number of thiophene rings is 1. The standard InChI is InChI=1S/C15H24N2O3S2/c1-4-13-6-7-14(21-13)22(19,20)17-9-5-8-16(10-11-17)15(18)12(2)3/h6-7,12H,4-5,8-11H2,1-3H3. The Morgan fingerprint density at radius 2 is 1.95 bits per heavy atom. The summed E-state index contributed by atoms with van der Waals surface area (Å²) in [6, 6.07) is 3.57. The second-order valence-electron chi connectivity index (χ2n) is 5.81. The molecule has 0 N–H and O–H groups in total. The number of nitrogens with zero attached hydrogens (tertiary/aromatic N) is 2. The van der Waals surface area contributed by atoms with Crippen LogP contribution in [0, 0.1) is 5.92 Å². The summed E-state index contributed by atoms with van der Waals surface area (Å²) in [6.45, 7) is 7.72. The summed E-state index contributed by atoms with van der Waals surface area (Å²) in [5.41, 5.74) is 0. The monoisotopic (exact) mass is 344 g/mol. The quantitative estimate of drug-likeness (QED) is 0.841. The molecule has 1 amide bonds. The van der Waals surface area contributed by atoms with Crippen LogP contribution in [0.5, 0.6) is 0 Å². The minimum absolute atomic E-state index is 0.0486. The van der Waals surface area contributed by atoms with E-state index in [4.69, 9.17) is 0 Å². The predicted octanol–water partition coefficient (Wildman–Crippen LogP) is 2.19. The summed E-state index contributed by atoms with van der Waals surface area (Å²) < 4.78 is 27.4. The SMILES string of the molecule is CCc1ccc(S(=O)(=O)N2CCCN(C(=O)C(C)C)CC2)s1. The molecule has 5 nitrogen and oxygen atoms in total. The van der Waals surface area contributed by atoms with Crippen LogP contribution in [0.4, 0.5) is 0 Å². The smallest absolute Gasteiger partial charge is 0.252 e. The van der Waals surface area contributed by atoms with Crippen LogP contribution in [0.1, 0.15) is 32.1 Å². The third-order valence-corrected chi connectivity index (χ3v) is 7.44. The Balaban J connectivity index is 2.11. The topological polar surface area (TPSA) is 57.7 Å². The van der Waals surface area contributed by atoms with Crippen molar-refractivity contribution in [1.29, 1.82) is 0 Å². The van der Waals surface area contributed by atoms with Gasteiger partial charge in [-0.1, -0.05) is 20.8 Å². The summed E-state index contributed by atoms with van der Waals surface area (Å²) in [5, 5.41) is 0. The lowest BCUT2D eigenvalue weighted by Crippen LogP contribution is -2.38. The maximum atomic E-state index is 12.7. The highest BCUT2D eigenvalue weighted by molar-refractivity contribution is 7.91. The summed E-state index contributed by atoms with van der Waals surface area (Å²) in [7, 11) is -3.43. The molecule has 0 bridgehead atoms. The average molecular weight is 345 g/mol. The molecule has 0 radical (unpaired) electrons. The van der Waals surface area contributed by atoms with E-state index in [2.05, 4.69) is 0 Å². The lowest BCUT2D eigenvalue weighted by atomic mass is 10.2. The van der Waals surface area contributed by atoms with E-state index in [-0.39, 0.29) is 11.8 Å². The van der Waals surface area contributed by atoms with Gasteiger partial charge in [-0.05, 0) is 25.0 Å². The zero-order valence-electron chi connectivity index (χ0n) is 13.4. The van der Waals surface area contributed by atoms with Crippen molar-refractivity contribution < 1.29 is 13.2 Å². The van der Waals surface area contributed by atoms with Gasteiger partial charge in [-0.15, -0.1) is 11.3 Å². The summed E-state index contributed by atoms with van der Waals surface area (Å²) in [5.74, 6) is 0.0520. The first kappa shape index (κ1) is 17.4. The fourth-order valence-electron chi connectivity index (χ4n) is 2.53. The van der Waals surface area contributed by atoms with Crippen LogP contribution in [0.25, 0.3) is 0 Å². The number of carbonyl (C=O) groups excluding carboxylic acids is 1. The first-order chi connectivity index (χ1) is 10.4. The highest BCUT2D eigenvalue weighted by Gasteiger charge is 2.29. The second-order valence-corrected chi connectivity index (χ2v) is 9.15. The number of hydrogen-bond acceptors (Lipinski definition) is 4. The number of sulfonamides is 1. The first-order valence-electron chi connectivity index (χ1n) is 7.74. The molecule has 0 aliphatic carbocycles. The molecule has 0 atom stereocenters. The van der Waals surface area contributed by atoms with Crippen LogP contribution < -0.4 is 0 Å². The summed E-state index contributed by atoms with van der Waals surface area (Å²) >= 11 is 1.34. The number of amides is 1. The molecule has 0 saturated carbocycles. The molecule has 1 aromatic heterocycles. The average Bonchev–Trinajstić information content (AvgIpc) is 2.84. The molecule has 0 aromatic carbocycles. The number of carbonyl (C=O) groups is 1. The van der Waals surface area contributed by atoms with Gasteiger partial charge in [-0.25, -0.2) is 8.42 Å². The zero-order chi connectivity index (χ0) is 16.3.